The van der Waals surface area contributed by atoms with Crippen molar-refractivity contribution >= 4 is 17.9 Å². The normalized spacial score (nSPS) is 10.4. The van der Waals surface area contributed by atoms with Gasteiger partial charge in [0.1, 0.15) is 0 Å². The summed E-state index contributed by atoms with van der Waals surface area (Å²) in [6.45, 7) is 0.708. The second kappa shape index (κ2) is 6.50. The monoisotopic (exact) mass is 274 g/mol. The molecule has 0 radical (unpaired) electrons. The van der Waals surface area contributed by atoms with Gasteiger partial charge in [0, 0.05) is 17.7 Å². The fourth-order valence-electron chi connectivity index (χ4n) is 1.96. The number of carbonyl (C=O) groups is 1. The summed E-state index contributed by atoms with van der Waals surface area (Å²) < 4.78 is 5.05. The van der Waals surface area contributed by atoms with Crippen molar-refractivity contribution in [2.75, 3.05) is 13.7 Å². The number of benzene rings is 2. The fourth-order valence-corrected chi connectivity index (χ4v) is 2.15. The van der Waals surface area contributed by atoms with Crippen molar-refractivity contribution in [1.29, 1.82) is 0 Å². The van der Waals surface area contributed by atoms with Crippen LogP contribution in [0.4, 0.5) is 0 Å². The summed E-state index contributed by atoms with van der Waals surface area (Å²) in [5.74, 6) is 0. The summed E-state index contributed by atoms with van der Waals surface area (Å²) in [6, 6.07) is 13.5. The fraction of sp³-hybridized carbons (Fsp3) is 0.188. The lowest BCUT2D eigenvalue weighted by molar-refractivity contribution is 0.112. The van der Waals surface area contributed by atoms with E-state index in [1.54, 1.807) is 19.2 Å². The standard InChI is InChI=1S/C16H15ClO2/c1-19-9-8-12-2-4-13(5-3-12)16-7-6-15(17)10-14(16)11-18/h2-7,10-11H,8-9H2,1H3. The second-order valence-corrected chi connectivity index (χ2v) is 4.73. The van der Waals surface area contributed by atoms with E-state index in [-0.39, 0.29) is 0 Å². The third-order valence-electron chi connectivity index (χ3n) is 3.00. The number of halogens is 1. The van der Waals surface area contributed by atoms with Crippen LogP contribution in [0.5, 0.6) is 0 Å². The zero-order valence-electron chi connectivity index (χ0n) is 10.7. The van der Waals surface area contributed by atoms with Gasteiger partial charge in [0.05, 0.1) is 6.61 Å². The third kappa shape index (κ3) is 3.43. The highest BCUT2D eigenvalue weighted by Gasteiger charge is 2.05. The van der Waals surface area contributed by atoms with E-state index in [1.165, 1.54) is 5.56 Å². The lowest BCUT2D eigenvalue weighted by Gasteiger charge is -2.07. The van der Waals surface area contributed by atoms with E-state index >= 15 is 0 Å². The molecule has 0 fully saturated rings. The van der Waals surface area contributed by atoms with E-state index in [0.717, 1.165) is 23.8 Å². The average Bonchev–Trinajstić information content (AvgIpc) is 2.45. The summed E-state index contributed by atoms with van der Waals surface area (Å²) >= 11 is 5.89. The zero-order chi connectivity index (χ0) is 13.7. The van der Waals surface area contributed by atoms with Gasteiger partial charge in [-0.2, -0.15) is 0 Å². The molecule has 0 saturated carbocycles. The first-order chi connectivity index (χ1) is 9.24. The Balaban J connectivity index is 2.29. The van der Waals surface area contributed by atoms with Gasteiger partial charge in [-0.25, -0.2) is 0 Å². The first-order valence-corrected chi connectivity index (χ1v) is 6.45. The lowest BCUT2D eigenvalue weighted by atomic mass is 9.99. The van der Waals surface area contributed by atoms with Crippen molar-refractivity contribution in [3.63, 3.8) is 0 Å². The van der Waals surface area contributed by atoms with E-state index in [9.17, 15) is 4.79 Å². The highest BCUT2D eigenvalue weighted by Crippen LogP contribution is 2.25. The molecule has 2 aromatic rings. The number of methoxy groups -OCH3 is 1. The first-order valence-electron chi connectivity index (χ1n) is 6.07. The van der Waals surface area contributed by atoms with Crippen LogP contribution in [0.3, 0.4) is 0 Å². The molecule has 0 spiro atoms. The third-order valence-corrected chi connectivity index (χ3v) is 3.24. The average molecular weight is 275 g/mol. The van der Waals surface area contributed by atoms with Crippen LogP contribution in [0.1, 0.15) is 15.9 Å². The second-order valence-electron chi connectivity index (χ2n) is 4.29. The van der Waals surface area contributed by atoms with Crippen LogP contribution >= 0.6 is 11.6 Å². The van der Waals surface area contributed by atoms with Gasteiger partial charge in [-0.3, -0.25) is 4.79 Å². The summed E-state index contributed by atoms with van der Waals surface area (Å²) in [6.07, 6.45) is 1.72. The quantitative estimate of drug-likeness (QED) is 0.770. The van der Waals surface area contributed by atoms with E-state index < -0.39 is 0 Å². The molecule has 0 aromatic heterocycles. The molecule has 0 N–H and O–H groups in total. The Labute approximate surface area is 118 Å². The molecule has 19 heavy (non-hydrogen) atoms. The van der Waals surface area contributed by atoms with Gasteiger partial charge >= 0.3 is 0 Å². The van der Waals surface area contributed by atoms with Crippen LogP contribution in [-0.2, 0) is 11.2 Å². The maximum Gasteiger partial charge on any atom is 0.150 e. The van der Waals surface area contributed by atoms with Gasteiger partial charge in [-0.15, -0.1) is 0 Å². The number of ether oxygens (including phenoxy) is 1. The molecule has 0 unspecified atom stereocenters. The van der Waals surface area contributed by atoms with E-state index in [4.69, 9.17) is 16.3 Å². The number of hydrogen-bond acceptors (Lipinski definition) is 2. The Bertz CT molecular complexity index is 561. The molecule has 0 amide bonds. The molecule has 0 aliphatic carbocycles. The summed E-state index contributed by atoms with van der Waals surface area (Å²) in [5, 5.41) is 0.572. The molecule has 0 aliphatic heterocycles. The molecule has 0 bridgehead atoms. The molecule has 2 nitrogen and oxygen atoms in total. The number of carbonyl (C=O) groups excluding carboxylic acids is 1. The Kier molecular flexibility index (Phi) is 4.72. The Morgan fingerprint density at radius 3 is 2.53 bits per heavy atom. The summed E-state index contributed by atoms with van der Waals surface area (Å²) in [4.78, 5) is 11.1. The molecule has 0 aliphatic rings. The van der Waals surface area contributed by atoms with Gasteiger partial charge in [0.2, 0.25) is 0 Å². The van der Waals surface area contributed by atoms with Crippen LogP contribution in [0, 0.1) is 0 Å². The Hall–Kier alpha value is -1.64. The van der Waals surface area contributed by atoms with Gasteiger partial charge in [-0.05, 0) is 35.2 Å². The Morgan fingerprint density at radius 1 is 1.16 bits per heavy atom. The van der Waals surface area contributed by atoms with Crippen molar-refractivity contribution in [2.24, 2.45) is 0 Å². The zero-order valence-corrected chi connectivity index (χ0v) is 11.5. The highest BCUT2D eigenvalue weighted by molar-refractivity contribution is 6.31. The molecule has 0 saturated heterocycles. The van der Waals surface area contributed by atoms with E-state index in [0.29, 0.717) is 17.2 Å². The number of hydrogen-bond donors (Lipinski definition) is 0. The van der Waals surface area contributed by atoms with Crippen molar-refractivity contribution in [3.8, 4) is 11.1 Å². The molecule has 0 heterocycles. The lowest BCUT2D eigenvalue weighted by Crippen LogP contribution is -1.94. The predicted molar refractivity (Wildman–Crippen MR) is 77.9 cm³/mol. The van der Waals surface area contributed by atoms with Crippen molar-refractivity contribution in [1.82, 2.24) is 0 Å². The topological polar surface area (TPSA) is 26.3 Å². The predicted octanol–water partition coefficient (Wildman–Crippen LogP) is 4.01. The maximum absolute atomic E-state index is 11.1. The highest BCUT2D eigenvalue weighted by atomic mass is 35.5. The molecule has 98 valence electrons. The van der Waals surface area contributed by atoms with Gasteiger partial charge in [0.25, 0.3) is 0 Å². The SMILES string of the molecule is COCCc1ccc(-c2ccc(Cl)cc2C=O)cc1. The van der Waals surface area contributed by atoms with Crippen LogP contribution in [-0.4, -0.2) is 20.0 Å². The molecular weight excluding hydrogens is 260 g/mol. The van der Waals surface area contributed by atoms with Crippen molar-refractivity contribution in [2.45, 2.75) is 6.42 Å². The maximum atomic E-state index is 11.1. The Morgan fingerprint density at radius 2 is 1.89 bits per heavy atom. The number of aldehydes is 1. The molecule has 3 heteroatoms. The van der Waals surface area contributed by atoms with Gasteiger partial charge in [-0.1, -0.05) is 41.9 Å². The molecule has 2 aromatic carbocycles. The smallest absolute Gasteiger partial charge is 0.150 e. The molecule has 2 rings (SSSR count). The van der Waals surface area contributed by atoms with Crippen molar-refractivity contribution < 1.29 is 9.53 Å². The first kappa shape index (κ1) is 13.8. The van der Waals surface area contributed by atoms with E-state index in [2.05, 4.69) is 12.1 Å². The van der Waals surface area contributed by atoms with Crippen molar-refractivity contribution in [3.05, 3.63) is 58.6 Å². The summed E-state index contributed by atoms with van der Waals surface area (Å²) in [5.41, 5.74) is 3.74. The minimum atomic E-state index is 0.572. The van der Waals surface area contributed by atoms with Crippen LogP contribution in [0.25, 0.3) is 11.1 Å². The van der Waals surface area contributed by atoms with Gasteiger partial charge in [0.15, 0.2) is 6.29 Å². The minimum Gasteiger partial charge on any atom is -0.384 e. The summed E-state index contributed by atoms with van der Waals surface area (Å²) in [7, 11) is 1.69. The van der Waals surface area contributed by atoms with Crippen LogP contribution < -0.4 is 0 Å². The molecular formula is C16H15ClO2. The van der Waals surface area contributed by atoms with Crippen LogP contribution in [0.15, 0.2) is 42.5 Å². The van der Waals surface area contributed by atoms with Gasteiger partial charge < -0.3 is 4.74 Å². The largest absolute Gasteiger partial charge is 0.384 e. The van der Waals surface area contributed by atoms with Crippen LogP contribution in [0.2, 0.25) is 5.02 Å². The minimum absolute atomic E-state index is 0.572. The van der Waals surface area contributed by atoms with E-state index in [1.807, 2.05) is 18.2 Å². The molecule has 0 atom stereocenters. The number of rotatable bonds is 5.